The molecule has 4 aromatic rings. The number of nitrogens with one attached hydrogen (secondary N) is 1. The van der Waals surface area contributed by atoms with E-state index in [0.717, 1.165) is 50.0 Å². The molecule has 228 valence electrons. The fourth-order valence-corrected chi connectivity index (χ4v) is 9.56. The Kier molecular flexibility index (Phi) is 6.81. The van der Waals surface area contributed by atoms with E-state index in [0.29, 0.717) is 91.3 Å². The maximum atomic E-state index is 14.5. The number of aromatic nitrogens is 3. The quantitative estimate of drug-likeness (QED) is 0.273. The van der Waals surface area contributed by atoms with Gasteiger partial charge in [-0.15, -0.1) is 11.3 Å². The van der Waals surface area contributed by atoms with Gasteiger partial charge in [-0.1, -0.05) is 23.2 Å². The minimum Gasteiger partial charge on any atom is -0.461 e. The van der Waals surface area contributed by atoms with Crippen LogP contribution in [-0.4, -0.2) is 76.4 Å². The van der Waals surface area contributed by atoms with Crippen LogP contribution < -0.4 is 20.7 Å². The van der Waals surface area contributed by atoms with Crippen molar-refractivity contribution in [3.63, 3.8) is 0 Å². The average Bonchev–Trinajstić information content (AvgIpc) is 3.71. The number of nitriles is 1. The fraction of sp³-hybridized carbons (Fsp3) is 0.484. The molecule has 9 nitrogen and oxygen atoms in total. The number of piperazine rings is 1. The van der Waals surface area contributed by atoms with Crippen LogP contribution in [0.15, 0.2) is 12.1 Å². The molecule has 0 aliphatic carbocycles. The third kappa shape index (κ3) is 4.49. The number of anilines is 2. The van der Waals surface area contributed by atoms with Gasteiger partial charge < -0.3 is 20.7 Å². The Balaban J connectivity index is 1.29. The summed E-state index contributed by atoms with van der Waals surface area (Å²) in [5, 5.41) is 15.6. The first-order valence-electron chi connectivity index (χ1n) is 15.1. The van der Waals surface area contributed by atoms with Crippen LogP contribution in [0.1, 0.15) is 43.4 Å². The molecule has 2 bridgehead atoms. The van der Waals surface area contributed by atoms with E-state index in [1.807, 2.05) is 13.0 Å². The summed E-state index contributed by atoms with van der Waals surface area (Å²) in [5.41, 5.74) is 9.32. The molecular formula is C31H31Cl2FN8OS. The molecule has 0 spiro atoms. The molecule has 3 aromatic heterocycles. The lowest BCUT2D eigenvalue weighted by molar-refractivity contribution is 0.107. The number of hydrogen-bond acceptors (Lipinski definition) is 10. The van der Waals surface area contributed by atoms with Crippen molar-refractivity contribution in [3.05, 3.63) is 33.4 Å². The highest BCUT2D eigenvalue weighted by molar-refractivity contribution is 7.23. The summed E-state index contributed by atoms with van der Waals surface area (Å²) in [6.45, 7) is 5.11. The summed E-state index contributed by atoms with van der Waals surface area (Å²) in [6, 6.07) is 6.81. The fourth-order valence-electron chi connectivity index (χ4n) is 7.92. The highest BCUT2D eigenvalue weighted by Gasteiger charge is 2.49. The number of alkyl halides is 1. The Morgan fingerprint density at radius 2 is 1.98 bits per heavy atom. The molecule has 3 N–H and O–H groups in total. The van der Waals surface area contributed by atoms with Crippen LogP contribution in [0.25, 0.3) is 32.2 Å². The molecule has 0 saturated carbocycles. The summed E-state index contributed by atoms with van der Waals surface area (Å²) < 4.78 is 21.7. The van der Waals surface area contributed by atoms with Crippen molar-refractivity contribution in [3.8, 4) is 23.2 Å². The highest BCUT2D eigenvalue weighted by atomic mass is 35.5. The molecule has 8 rings (SSSR count). The number of nitrogen functional groups attached to an aromatic ring is 1. The van der Waals surface area contributed by atoms with Gasteiger partial charge >= 0.3 is 6.01 Å². The van der Waals surface area contributed by atoms with Gasteiger partial charge in [0, 0.05) is 64.5 Å². The van der Waals surface area contributed by atoms with Gasteiger partial charge in [0.1, 0.15) is 34.9 Å². The summed E-state index contributed by atoms with van der Waals surface area (Å²) >= 11 is 15.2. The number of halogens is 3. The Bertz CT molecular complexity index is 1870. The first-order valence-corrected chi connectivity index (χ1v) is 16.6. The Morgan fingerprint density at radius 1 is 1.18 bits per heavy atom. The monoisotopic (exact) mass is 652 g/mol. The minimum absolute atomic E-state index is 0.203. The average molecular weight is 654 g/mol. The summed E-state index contributed by atoms with van der Waals surface area (Å²) in [6.07, 6.45) is 3.74. The van der Waals surface area contributed by atoms with E-state index >= 15 is 0 Å². The Morgan fingerprint density at radius 3 is 2.75 bits per heavy atom. The maximum absolute atomic E-state index is 14.5. The van der Waals surface area contributed by atoms with Crippen molar-refractivity contribution in [2.24, 2.45) is 0 Å². The van der Waals surface area contributed by atoms with Gasteiger partial charge in [-0.25, -0.2) is 9.37 Å². The molecule has 1 aromatic carbocycles. The lowest BCUT2D eigenvalue weighted by atomic mass is 9.95. The SMILES string of the molecule is Cc1nc2c(N3CC4CCC(C3)N4)nc(OC[C@@]34CCCN3C[C@H](F)C4)nc2c(Cl)c1-c1cc(Cl)cc2sc(N)c(C#N)c12. The van der Waals surface area contributed by atoms with E-state index in [9.17, 15) is 9.65 Å². The van der Waals surface area contributed by atoms with Crippen LogP contribution in [0, 0.1) is 18.3 Å². The first-order chi connectivity index (χ1) is 21.2. The normalized spacial score (nSPS) is 26.5. The molecule has 44 heavy (non-hydrogen) atoms. The molecule has 7 heterocycles. The smallest absolute Gasteiger partial charge is 0.319 e. The van der Waals surface area contributed by atoms with Gasteiger partial charge in [-0.2, -0.15) is 15.2 Å². The van der Waals surface area contributed by atoms with Gasteiger partial charge in [0.05, 0.1) is 16.1 Å². The second-order valence-corrected chi connectivity index (χ2v) is 14.5. The van der Waals surface area contributed by atoms with Crippen molar-refractivity contribution < 1.29 is 9.13 Å². The zero-order chi connectivity index (χ0) is 30.3. The van der Waals surface area contributed by atoms with Crippen LogP contribution in [-0.2, 0) is 0 Å². The summed E-state index contributed by atoms with van der Waals surface area (Å²) in [7, 11) is 0. The van der Waals surface area contributed by atoms with Gasteiger partial charge in [-0.3, -0.25) is 4.90 Å². The van der Waals surface area contributed by atoms with E-state index in [-0.39, 0.29) is 11.5 Å². The predicted octanol–water partition coefficient (Wildman–Crippen LogP) is 5.87. The minimum atomic E-state index is -0.855. The second kappa shape index (κ2) is 10.5. The molecule has 0 amide bonds. The highest BCUT2D eigenvalue weighted by Crippen LogP contribution is 2.46. The number of pyridine rings is 1. The molecule has 4 aliphatic heterocycles. The number of rotatable bonds is 5. The lowest BCUT2D eigenvalue weighted by Gasteiger charge is -2.34. The number of thiophene rings is 1. The molecule has 2 unspecified atom stereocenters. The number of fused-ring (bicyclic) bond motifs is 5. The van der Waals surface area contributed by atoms with Crippen LogP contribution >= 0.6 is 34.5 Å². The molecule has 13 heteroatoms. The standard InChI is InChI=1S/C31H31Cl2FN8OS/c1-15-23(20-7-16(32)8-22-24(20)21(10-35)28(36)44-22)25(33)26-27(37-15)29(41-12-18-3-4-19(13-41)38-18)40-30(39-26)43-14-31-5-2-6-42(31)11-17(34)9-31/h7-8,17-19,38H,2-6,9,11-14,36H2,1H3/t17-,18?,19?,31+/m1/s1. The molecule has 4 saturated heterocycles. The maximum Gasteiger partial charge on any atom is 0.319 e. The van der Waals surface area contributed by atoms with Crippen molar-refractivity contribution in [1.82, 2.24) is 25.2 Å². The van der Waals surface area contributed by atoms with Crippen LogP contribution in [0.3, 0.4) is 0 Å². The topological polar surface area (TPSA) is 116 Å². The number of benzene rings is 1. The largest absolute Gasteiger partial charge is 0.461 e. The summed E-state index contributed by atoms with van der Waals surface area (Å²) in [4.78, 5) is 19.3. The second-order valence-electron chi connectivity index (χ2n) is 12.6. The Labute approximate surface area is 268 Å². The van der Waals surface area contributed by atoms with E-state index < -0.39 is 6.17 Å². The van der Waals surface area contributed by atoms with E-state index in [2.05, 4.69) is 21.2 Å². The molecular weight excluding hydrogens is 622 g/mol. The molecule has 4 atom stereocenters. The zero-order valence-electron chi connectivity index (χ0n) is 24.2. The zero-order valence-corrected chi connectivity index (χ0v) is 26.5. The van der Waals surface area contributed by atoms with Crippen molar-refractivity contribution in [2.45, 2.75) is 62.8 Å². The Hall–Kier alpha value is -3.01. The van der Waals surface area contributed by atoms with Gasteiger partial charge in [0.25, 0.3) is 0 Å². The third-order valence-corrected chi connectivity index (χ3v) is 11.4. The van der Waals surface area contributed by atoms with Crippen LogP contribution in [0.5, 0.6) is 6.01 Å². The molecule has 4 aliphatic rings. The van der Waals surface area contributed by atoms with E-state index in [1.54, 1.807) is 6.07 Å². The van der Waals surface area contributed by atoms with E-state index in [1.165, 1.54) is 11.3 Å². The van der Waals surface area contributed by atoms with Crippen LogP contribution in [0.4, 0.5) is 15.2 Å². The number of aryl methyl sites for hydroxylation is 1. The summed E-state index contributed by atoms with van der Waals surface area (Å²) in [5.74, 6) is 0.684. The van der Waals surface area contributed by atoms with Gasteiger partial charge in [0.15, 0.2) is 5.82 Å². The number of nitrogens with zero attached hydrogens (tertiary/aromatic N) is 6. The van der Waals surface area contributed by atoms with Gasteiger partial charge in [0.2, 0.25) is 0 Å². The molecule has 0 radical (unpaired) electrons. The number of ether oxygens (including phenoxy) is 1. The van der Waals surface area contributed by atoms with Crippen LogP contribution in [0.2, 0.25) is 10.0 Å². The van der Waals surface area contributed by atoms with Crippen molar-refractivity contribution in [2.75, 3.05) is 43.4 Å². The predicted molar refractivity (Wildman–Crippen MR) is 173 cm³/mol. The van der Waals surface area contributed by atoms with Crippen molar-refractivity contribution in [1.29, 1.82) is 5.26 Å². The molecule has 4 fully saturated rings. The van der Waals surface area contributed by atoms with E-state index in [4.69, 9.17) is 48.6 Å². The third-order valence-electron chi connectivity index (χ3n) is 9.83. The number of hydrogen-bond donors (Lipinski definition) is 2. The van der Waals surface area contributed by atoms with Gasteiger partial charge in [-0.05, 0) is 56.8 Å². The number of nitrogens with two attached hydrogens (primary N) is 1. The van der Waals surface area contributed by atoms with Crippen molar-refractivity contribution >= 4 is 66.5 Å². The first kappa shape index (κ1) is 28.5. The lowest BCUT2D eigenvalue weighted by Crippen LogP contribution is -2.51.